The van der Waals surface area contributed by atoms with Gasteiger partial charge in [-0.05, 0) is 19.9 Å². The zero-order valence-corrected chi connectivity index (χ0v) is 8.28. The van der Waals surface area contributed by atoms with Crippen LogP contribution in [-0.4, -0.2) is 28.5 Å². The van der Waals surface area contributed by atoms with Gasteiger partial charge in [-0.1, -0.05) is 0 Å². The summed E-state index contributed by atoms with van der Waals surface area (Å²) in [6, 6.07) is 2.00. The minimum absolute atomic E-state index is 0.0968. The Balaban J connectivity index is 2.04. The molecule has 14 heavy (non-hydrogen) atoms. The Bertz CT molecular complexity index is 359. The van der Waals surface area contributed by atoms with Gasteiger partial charge >= 0.3 is 6.09 Å². The number of cyclic esters (lactones) is 1. The average molecular weight is 195 g/mol. The lowest BCUT2D eigenvalue weighted by atomic mass is 10.3. The van der Waals surface area contributed by atoms with Crippen molar-refractivity contribution in [3.8, 4) is 0 Å². The zero-order valence-electron chi connectivity index (χ0n) is 8.28. The summed E-state index contributed by atoms with van der Waals surface area (Å²) in [5, 5.41) is 6.91. The van der Waals surface area contributed by atoms with Crippen LogP contribution >= 0.6 is 0 Å². The van der Waals surface area contributed by atoms with Crippen LogP contribution in [0.5, 0.6) is 0 Å². The molecule has 1 N–H and O–H groups in total. The van der Waals surface area contributed by atoms with Gasteiger partial charge in [0.15, 0.2) is 0 Å². The summed E-state index contributed by atoms with van der Waals surface area (Å²) in [6.07, 6.45) is -0.433. The van der Waals surface area contributed by atoms with Gasteiger partial charge in [0.25, 0.3) is 0 Å². The van der Waals surface area contributed by atoms with E-state index < -0.39 is 0 Å². The first-order valence-electron chi connectivity index (χ1n) is 4.60. The number of carbonyl (C=O) groups excluding carboxylic acids is 1. The van der Waals surface area contributed by atoms with Crippen LogP contribution in [0.4, 0.5) is 4.79 Å². The van der Waals surface area contributed by atoms with Gasteiger partial charge in [-0.25, -0.2) is 4.79 Å². The van der Waals surface area contributed by atoms with E-state index in [-0.39, 0.29) is 12.2 Å². The van der Waals surface area contributed by atoms with E-state index in [1.54, 1.807) is 0 Å². The van der Waals surface area contributed by atoms with Gasteiger partial charge in [0.2, 0.25) is 0 Å². The van der Waals surface area contributed by atoms with E-state index in [4.69, 9.17) is 4.74 Å². The van der Waals surface area contributed by atoms with Crippen LogP contribution in [0.3, 0.4) is 0 Å². The maximum Gasteiger partial charge on any atom is 0.407 e. The summed E-state index contributed by atoms with van der Waals surface area (Å²) in [5.41, 5.74) is 2.07. The normalized spacial score (nSPS) is 20.7. The fraction of sp³-hybridized carbons (Fsp3) is 0.556. The summed E-state index contributed by atoms with van der Waals surface area (Å²) < 4.78 is 6.88. The summed E-state index contributed by atoms with van der Waals surface area (Å²) in [6.45, 7) is 5.13. The molecule has 0 bridgehead atoms. The third-order valence-electron chi connectivity index (χ3n) is 2.23. The number of rotatable bonds is 2. The molecule has 0 radical (unpaired) electrons. The van der Waals surface area contributed by atoms with E-state index in [2.05, 4.69) is 10.4 Å². The number of aryl methyl sites for hydroxylation is 2. The van der Waals surface area contributed by atoms with Crippen LogP contribution in [0.2, 0.25) is 0 Å². The van der Waals surface area contributed by atoms with Gasteiger partial charge in [-0.2, -0.15) is 5.10 Å². The van der Waals surface area contributed by atoms with E-state index in [9.17, 15) is 4.79 Å². The highest BCUT2D eigenvalue weighted by molar-refractivity contribution is 5.69. The zero-order chi connectivity index (χ0) is 10.1. The molecule has 2 rings (SSSR count). The third kappa shape index (κ3) is 1.71. The average Bonchev–Trinajstić information content (AvgIpc) is 2.61. The number of alkyl carbamates (subject to hydrolysis) is 1. The first-order chi connectivity index (χ1) is 6.65. The van der Waals surface area contributed by atoms with Crippen molar-refractivity contribution in [3.63, 3.8) is 0 Å². The van der Waals surface area contributed by atoms with E-state index in [1.807, 2.05) is 24.6 Å². The fourth-order valence-electron chi connectivity index (χ4n) is 1.59. The number of nitrogens with one attached hydrogen (secondary N) is 1. The Morgan fingerprint density at radius 2 is 2.50 bits per heavy atom. The molecule has 1 aromatic heterocycles. The number of hydrogen-bond donors (Lipinski definition) is 1. The minimum Gasteiger partial charge on any atom is -0.442 e. The fourth-order valence-corrected chi connectivity index (χ4v) is 1.59. The lowest BCUT2D eigenvalue weighted by Gasteiger charge is -2.08. The van der Waals surface area contributed by atoms with Crippen molar-refractivity contribution in [2.75, 3.05) is 6.54 Å². The Morgan fingerprint density at radius 1 is 1.71 bits per heavy atom. The third-order valence-corrected chi connectivity index (χ3v) is 2.23. The first-order valence-corrected chi connectivity index (χ1v) is 4.60. The summed E-state index contributed by atoms with van der Waals surface area (Å²) >= 11 is 0. The predicted molar refractivity (Wildman–Crippen MR) is 50.0 cm³/mol. The molecule has 1 fully saturated rings. The van der Waals surface area contributed by atoms with Crippen molar-refractivity contribution in [1.29, 1.82) is 0 Å². The molecule has 1 aromatic rings. The van der Waals surface area contributed by atoms with Crippen LogP contribution < -0.4 is 5.32 Å². The SMILES string of the molecule is Cc1cc(C)n(CC2CNC(=O)O2)n1. The molecule has 1 aliphatic rings. The molecule has 0 saturated carbocycles. The maximum absolute atomic E-state index is 10.8. The van der Waals surface area contributed by atoms with Crippen LogP contribution in [0.25, 0.3) is 0 Å². The molecule has 5 heteroatoms. The van der Waals surface area contributed by atoms with Crippen molar-refractivity contribution in [3.05, 3.63) is 17.5 Å². The molecule has 1 unspecified atom stereocenters. The Hall–Kier alpha value is -1.52. The number of amides is 1. The van der Waals surface area contributed by atoms with E-state index in [0.29, 0.717) is 13.1 Å². The van der Waals surface area contributed by atoms with E-state index in [1.165, 1.54) is 0 Å². The van der Waals surface area contributed by atoms with E-state index >= 15 is 0 Å². The number of hydrogen-bond acceptors (Lipinski definition) is 3. The highest BCUT2D eigenvalue weighted by Gasteiger charge is 2.23. The van der Waals surface area contributed by atoms with Crippen molar-refractivity contribution in [2.45, 2.75) is 26.5 Å². The van der Waals surface area contributed by atoms with Gasteiger partial charge in [-0.3, -0.25) is 4.68 Å². The molecular formula is C9H13N3O2. The van der Waals surface area contributed by atoms with Crippen molar-refractivity contribution in [2.24, 2.45) is 0 Å². The van der Waals surface area contributed by atoms with Gasteiger partial charge in [0.05, 0.1) is 18.8 Å². The molecular weight excluding hydrogens is 182 g/mol. The number of nitrogens with zero attached hydrogens (tertiary/aromatic N) is 2. The minimum atomic E-state index is -0.337. The van der Waals surface area contributed by atoms with Gasteiger partial charge < -0.3 is 10.1 Å². The Morgan fingerprint density at radius 3 is 3.00 bits per heavy atom. The molecule has 1 amide bonds. The highest BCUT2D eigenvalue weighted by atomic mass is 16.6. The highest BCUT2D eigenvalue weighted by Crippen LogP contribution is 2.07. The van der Waals surface area contributed by atoms with Gasteiger partial charge in [-0.15, -0.1) is 0 Å². The molecule has 1 saturated heterocycles. The first kappa shape index (κ1) is 9.05. The molecule has 0 spiro atoms. The second-order valence-electron chi connectivity index (χ2n) is 3.52. The standard InChI is InChI=1S/C9H13N3O2/c1-6-3-7(2)12(11-6)5-8-4-10-9(13)14-8/h3,8H,4-5H2,1-2H3,(H,10,13). The molecule has 76 valence electrons. The lowest BCUT2D eigenvalue weighted by Crippen LogP contribution is -2.21. The number of aromatic nitrogens is 2. The van der Waals surface area contributed by atoms with E-state index in [0.717, 1.165) is 11.4 Å². The smallest absolute Gasteiger partial charge is 0.407 e. The maximum atomic E-state index is 10.8. The molecule has 0 aromatic carbocycles. The topological polar surface area (TPSA) is 56.2 Å². The lowest BCUT2D eigenvalue weighted by molar-refractivity contribution is 0.128. The monoisotopic (exact) mass is 195 g/mol. The van der Waals surface area contributed by atoms with Crippen LogP contribution in [-0.2, 0) is 11.3 Å². The number of ether oxygens (including phenoxy) is 1. The van der Waals surface area contributed by atoms with Crippen LogP contribution in [0, 0.1) is 13.8 Å². The molecule has 0 aliphatic carbocycles. The van der Waals surface area contributed by atoms with Gasteiger partial charge in [0, 0.05) is 5.69 Å². The quantitative estimate of drug-likeness (QED) is 0.752. The summed E-state index contributed by atoms with van der Waals surface area (Å²) in [4.78, 5) is 10.8. The number of carbonyl (C=O) groups is 1. The second kappa shape index (κ2) is 3.32. The Kier molecular flexibility index (Phi) is 2.15. The van der Waals surface area contributed by atoms with Crippen molar-refractivity contribution >= 4 is 6.09 Å². The molecule has 2 heterocycles. The second-order valence-corrected chi connectivity index (χ2v) is 3.52. The van der Waals surface area contributed by atoms with Gasteiger partial charge in [0.1, 0.15) is 6.10 Å². The largest absolute Gasteiger partial charge is 0.442 e. The van der Waals surface area contributed by atoms with Crippen molar-refractivity contribution < 1.29 is 9.53 Å². The van der Waals surface area contributed by atoms with Crippen molar-refractivity contribution in [1.82, 2.24) is 15.1 Å². The Labute approximate surface area is 82.0 Å². The predicted octanol–water partition coefficient (Wildman–Crippen LogP) is 0.608. The molecule has 1 aliphatic heterocycles. The molecule has 5 nitrogen and oxygen atoms in total. The van der Waals surface area contributed by atoms with Crippen LogP contribution in [0.1, 0.15) is 11.4 Å². The summed E-state index contributed by atoms with van der Waals surface area (Å²) in [5.74, 6) is 0. The molecule has 1 atom stereocenters. The van der Waals surface area contributed by atoms with Crippen LogP contribution in [0.15, 0.2) is 6.07 Å². The summed E-state index contributed by atoms with van der Waals surface area (Å²) in [7, 11) is 0.